The highest BCUT2D eigenvalue weighted by Crippen LogP contribution is 2.35. The van der Waals surface area contributed by atoms with E-state index in [0.717, 1.165) is 17.3 Å². The van der Waals surface area contributed by atoms with Crippen LogP contribution in [0.1, 0.15) is 51.9 Å². The molecule has 0 aliphatic heterocycles. The van der Waals surface area contributed by atoms with Crippen molar-refractivity contribution in [3.63, 3.8) is 0 Å². The molecule has 0 amide bonds. The first-order valence-corrected chi connectivity index (χ1v) is 12.0. The summed E-state index contributed by atoms with van der Waals surface area (Å²) in [6.07, 6.45) is 4.10. The van der Waals surface area contributed by atoms with Crippen LogP contribution in [0.5, 0.6) is 5.75 Å². The Bertz CT molecular complexity index is 1190. The maximum atomic E-state index is 13.2. The molecule has 0 aliphatic rings. The minimum absolute atomic E-state index is 0.0269. The molecule has 3 rings (SSSR count). The molecule has 5 nitrogen and oxygen atoms in total. The molecule has 0 radical (unpaired) electrons. The van der Waals surface area contributed by atoms with E-state index in [9.17, 15) is 4.79 Å². The third kappa shape index (κ3) is 6.12. The van der Waals surface area contributed by atoms with Crippen LogP contribution in [0.2, 0.25) is 10.0 Å². The molecule has 2 aromatic carbocycles. The largest absolute Gasteiger partial charge is 0.490 e. The van der Waals surface area contributed by atoms with Gasteiger partial charge in [-0.3, -0.25) is 4.79 Å². The average Bonchev–Trinajstić information content (AvgIpc) is 2.70. The van der Waals surface area contributed by atoms with Crippen LogP contribution < -0.4 is 10.3 Å². The number of aromatic nitrogens is 2. The first-order chi connectivity index (χ1) is 15.1. The molecule has 1 aromatic heterocycles. The zero-order valence-electron chi connectivity index (χ0n) is 18.6. The molecule has 32 heavy (non-hydrogen) atoms. The fourth-order valence-corrected chi connectivity index (χ4v) is 3.99. The summed E-state index contributed by atoms with van der Waals surface area (Å²) in [5.41, 5.74) is 1.06. The summed E-state index contributed by atoms with van der Waals surface area (Å²) >= 11 is 16.2. The Hall–Kier alpha value is -1.89. The van der Waals surface area contributed by atoms with Crippen molar-refractivity contribution in [2.45, 2.75) is 47.0 Å². The standard InChI is InChI=1S/C24H26BrCl2N3O2/c1-5-6-7-21-29-20-9-8-16(25)12-17(20)23(31)30(21)28-13-15-10-18(26)22(19(27)11-15)32-14-24(2,3)4/h8-13H,5-7,14H2,1-4H3. The molecule has 0 saturated carbocycles. The van der Waals surface area contributed by atoms with E-state index in [1.807, 2.05) is 12.1 Å². The number of hydrogen-bond donors (Lipinski definition) is 0. The average molecular weight is 539 g/mol. The molecule has 0 spiro atoms. The number of aryl methyl sites for hydroxylation is 1. The van der Waals surface area contributed by atoms with Crippen LogP contribution in [0.3, 0.4) is 0 Å². The van der Waals surface area contributed by atoms with Crippen molar-refractivity contribution < 1.29 is 4.74 Å². The van der Waals surface area contributed by atoms with E-state index in [2.05, 4.69) is 53.7 Å². The predicted octanol–water partition coefficient (Wildman–Crippen LogP) is 7.12. The van der Waals surface area contributed by atoms with Gasteiger partial charge in [0.05, 0.1) is 33.8 Å². The summed E-state index contributed by atoms with van der Waals surface area (Å²) in [5, 5.41) is 5.73. The first kappa shape index (κ1) is 24.7. The first-order valence-electron chi connectivity index (χ1n) is 10.5. The SMILES string of the molecule is CCCCc1nc2ccc(Br)cc2c(=O)n1N=Cc1cc(Cl)c(OCC(C)(C)C)c(Cl)c1. The summed E-state index contributed by atoms with van der Waals surface area (Å²) in [6, 6.07) is 8.91. The Labute approximate surface area is 206 Å². The van der Waals surface area contributed by atoms with E-state index in [-0.39, 0.29) is 11.0 Å². The van der Waals surface area contributed by atoms with Gasteiger partial charge in [-0.25, -0.2) is 4.98 Å². The second-order valence-electron chi connectivity index (χ2n) is 8.82. The molecule has 8 heteroatoms. The van der Waals surface area contributed by atoms with Crippen molar-refractivity contribution in [2.24, 2.45) is 10.5 Å². The number of benzene rings is 2. The van der Waals surface area contributed by atoms with Gasteiger partial charge in [0.15, 0.2) is 5.75 Å². The molecule has 0 bridgehead atoms. The lowest BCUT2D eigenvalue weighted by Crippen LogP contribution is -2.22. The maximum Gasteiger partial charge on any atom is 0.282 e. The van der Waals surface area contributed by atoms with Gasteiger partial charge in [0, 0.05) is 10.9 Å². The van der Waals surface area contributed by atoms with Gasteiger partial charge in [0.25, 0.3) is 5.56 Å². The van der Waals surface area contributed by atoms with Gasteiger partial charge >= 0.3 is 0 Å². The van der Waals surface area contributed by atoms with Gasteiger partial charge < -0.3 is 4.74 Å². The summed E-state index contributed by atoms with van der Waals surface area (Å²) in [5.74, 6) is 1.06. The number of fused-ring (bicyclic) bond motifs is 1. The van der Waals surface area contributed by atoms with Gasteiger partial charge in [0.1, 0.15) is 5.82 Å². The monoisotopic (exact) mass is 537 g/mol. The third-order valence-electron chi connectivity index (χ3n) is 4.62. The topological polar surface area (TPSA) is 56.5 Å². The van der Waals surface area contributed by atoms with E-state index in [1.165, 1.54) is 4.68 Å². The minimum atomic E-state index is -0.221. The van der Waals surface area contributed by atoms with Crippen molar-refractivity contribution in [3.8, 4) is 5.75 Å². The normalized spacial score (nSPS) is 12.1. The van der Waals surface area contributed by atoms with Crippen LogP contribution >= 0.6 is 39.1 Å². The second-order valence-corrected chi connectivity index (χ2v) is 10.5. The maximum absolute atomic E-state index is 13.2. The quantitative estimate of drug-likeness (QED) is 0.301. The van der Waals surface area contributed by atoms with Gasteiger partial charge in [0.2, 0.25) is 0 Å². The number of nitrogens with zero attached hydrogens (tertiary/aromatic N) is 3. The highest BCUT2D eigenvalue weighted by Gasteiger charge is 2.16. The van der Waals surface area contributed by atoms with E-state index in [0.29, 0.717) is 51.1 Å². The Morgan fingerprint density at radius 3 is 2.50 bits per heavy atom. The van der Waals surface area contributed by atoms with Crippen LogP contribution in [0, 0.1) is 5.41 Å². The van der Waals surface area contributed by atoms with E-state index in [4.69, 9.17) is 27.9 Å². The molecule has 3 aromatic rings. The Balaban J connectivity index is 2.00. The fourth-order valence-electron chi connectivity index (χ4n) is 3.02. The second kappa shape index (κ2) is 10.4. The number of ether oxygens (including phenoxy) is 1. The van der Waals surface area contributed by atoms with E-state index in [1.54, 1.807) is 24.4 Å². The molecular formula is C24H26BrCl2N3O2. The lowest BCUT2D eigenvalue weighted by molar-refractivity contribution is 0.198. The van der Waals surface area contributed by atoms with Crippen LogP contribution in [0.15, 0.2) is 44.7 Å². The number of halogens is 3. The van der Waals surface area contributed by atoms with Crippen molar-refractivity contribution in [3.05, 3.63) is 66.6 Å². The van der Waals surface area contributed by atoms with Crippen LogP contribution in [-0.4, -0.2) is 22.5 Å². The molecule has 0 unspecified atom stereocenters. The highest BCUT2D eigenvalue weighted by atomic mass is 79.9. The van der Waals surface area contributed by atoms with Crippen molar-refractivity contribution in [2.75, 3.05) is 6.61 Å². The molecule has 170 valence electrons. The van der Waals surface area contributed by atoms with E-state index < -0.39 is 0 Å². The Morgan fingerprint density at radius 1 is 1.19 bits per heavy atom. The van der Waals surface area contributed by atoms with Gasteiger partial charge in [-0.2, -0.15) is 9.78 Å². The number of hydrogen-bond acceptors (Lipinski definition) is 4. The zero-order chi connectivity index (χ0) is 23.5. The minimum Gasteiger partial charge on any atom is -0.490 e. The summed E-state index contributed by atoms with van der Waals surface area (Å²) in [7, 11) is 0. The number of rotatable bonds is 7. The van der Waals surface area contributed by atoms with Gasteiger partial charge in [-0.15, -0.1) is 0 Å². The lowest BCUT2D eigenvalue weighted by atomic mass is 9.99. The van der Waals surface area contributed by atoms with Crippen LogP contribution in [-0.2, 0) is 6.42 Å². The summed E-state index contributed by atoms with van der Waals surface area (Å²) < 4.78 is 7.98. The molecule has 0 N–H and O–H groups in total. The Kier molecular flexibility index (Phi) is 8.01. The van der Waals surface area contributed by atoms with Crippen molar-refractivity contribution >= 4 is 56.2 Å². The van der Waals surface area contributed by atoms with E-state index >= 15 is 0 Å². The lowest BCUT2D eigenvalue weighted by Gasteiger charge is -2.20. The molecule has 0 saturated heterocycles. The van der Waals surface area contributed by atoms with Gasteiger partial charge in [-0.1, -0.05) is 73.2 Å². The fraction of sp³-hybridized carbons (Fsp3) is 0.375. The summed E-state index contributed by atoms with van der Waals surface area (Å²) in [4.78, 5) is 17.8. The molecular weight excluding hydrogens is 513 g/mol. The zero-order valence-corrected chi connectivity index (χ0v) is 21.7. The predicted molar refractivity (Wildman–Crippen MR) is 137 cm³/mol. The highest BCUT2D eigenvalue weighted by molar-refractivity contribution is 9.10. The van der Waals surface area contributed by atoms with Crippen molar-refractivity contribution in [1.82, 2.24) is 9.66 Å². The molecule has 0 atom stereocenters. The molecule has 1 heterocycles. The van der Waals surface area contributed by atoms with Crippen LogP contribution in [0.25, 0.3) is 10.9 Å². The number of unbranched alkanes of at least 4 members (excludes halogenated alkanes) is 1. The van der Waals surface area contributed by atoms with Gasteiger partial charge in [-0.05, 0) is 47.7 Å². The molecule has 0 aliphatic carbocycles. The summed E-state index contributed by atoms with van der Waals surface area (Å²) in [6.45, 7) is 8.78. The Morgan fingerprint density at radius 2 is 1.88 bits per heavy atom. The smallest absolute Gasteiger partial charge is 0.282 e. The molecule has 0 fully saturated rings. The van der Waals surface area contributed by atoms with Crippen molar-refractivity contribution in [1.29, 1.82) is 0 Å². The van der Waals surface area contributed by atoms with Crippen LogP contribution in [0.4, 0.5) is 0 Å². The third-order valence-corrected chi connectivity index (χ3v) is 5.68.